The smallest absolute Gasteiger partial charge is 0.255 e. The minimum Gasteiger partial charge on any atom is -0.322 e. The van der Waals surface area contributed by atoms with Crippen molar-refractivity contribution >= 4 is 21.6 Å². The summed E-state index contributed by atoms with van der Waals surface area (Å²) in [6, 6.07) is 18.9. The number of benzene rings is 3. The highest BCUT2D eigenvalue weighted by atomic mass is 32.2. The minimum atomic E-state index is -3.78. The number of sulfonamides is 1. The molecule has 3 aromatic carbocycles. The molecule has 1 amide bonds. The van der Waals surface area contributed by atoms with Gasteiger partial charge in [0.1, 0.15) is 5.82 Å². The normalized spacial score (nSPS) is 11.2. The van der Waals surface area contributed by atoms with Crippen LogP contribution in [-0.2, 0) is 16.6 Å². The number of halogens is 1. The molecule has 0 aliphatic heterocycles. The average molecular weight is 398 g/mol. The van der Waals surface area contributed by atoms with Crippen molar-refractivity contribution in [1.82, 2.24) is 4.72 Å². The second-order valence-electron chi connectivity index (χ2n) is 6.25. The lowest BCUT2D eigenvalue weighted by molar-refractivity contribution is 0.102. The molecule has 0 saturated carbocycles. The summed E-state index contributed by atoms with van der Waals surface area (Å²) in [7, 11) is -3.78. The molecule has 0 heterocycles. The summed E-state index contributed by atoms with van der Waals surface area (Å²) in [5, 5.41) is 2.67. The third kappa shape index (κ3) is 4.82. The fourth-order valence-electron chi connectivity index (χ4n) is 2.62. The van der Waals surface area contributed by atoms with Crippen LogP contribution in [0, 0.1) is 12.7 Å². The molecule has 0 unspecified atom stereocenters. The van der Waals surface area contributed by atoms with Crippen molar-refractivity contribution in [2.45, 2.75) is 18.4 Å². The van der Waals surface area contributed by atoms with Crippen molar-refractivity contribution in [3.05, 3.63) is 95.3 Å². The number of hydrogen-bond donors (Lipinski definition) is 2. The lowest BCUT2D eigenvalue weighted by atomic mass is 10.1. The molecular formula is C21H19FN2O3S. The third-order valence-corrected chi connectivity index (χ3v) is 5.55. The van der Waals surface area contributed by atoms with Gasteiger partial charge in [-0.05, 0) is 54.4 Å². The van der Waals surface area contributed by atoms with E-state index in [1.807, 2.05) is 30.3 Å². The zero-order valence-corrected chi connectivity index (χ0v) is 16.0. The fraction of sp³-hybridized carbons (Fsp3) is 0.0952. The third-order valence-electron chi connectivity index (χ3n) is 4.15. The molecule has 7 heteroatoms. The van der Waals surface area contributed by atoms with Crippen LogP contribution in [0.5, 0.6) is 0 Å². The Balaban J connectivity index is 1.76. The van der Waals surface area contributed by atoms with E-state index in [0.717, 1.165) is 5.56 Å². The Labute approximate surface area is 163 Å². The monoisotopic (exact) mass is 398 g/mol. The second-order valence-corrected chi connectivity index (χ2v) is 8.02. The van der Waals surface area contributed by atoms with Crippen LogP contribution in [0.3, 0.4) is 0 Å². The van der Waals surface area contributed by atoms with Crippen LogP contribution >= 0.6 is 0 Å². The first-order valence-electron chi connectivity index (χ1n) is 8.56. The van der Waals surface area contributed by atoms with E-state index < -0.39 is 21.7 Å². The first-order valence-corrected chi connectivity index (χ1v) is 10.0. The lowest BCUT2D eigenvalue weighted by Crippen LogP contribution is -2.23. The molecule has 3 aromatic rings. The van der Waals surface area contributed by atoms with Crippen molar-refractivity contribution in [3.63, 3.8) is 0 Å². The van der Waals surface area contributed by atoms with Crippen LogP contribution in [0.1, 0.15) is 21.5 Å². The average Bonchev–Trinajstić information content (AvgIpc) is 2.69. The Morgan fingerprint density at radius 2 is 1.71 bits per heavy atom. The van der Waals surface area contributed by atoms with E-state index in [9.17, 15) is 17.6 Å². The van der Waals surface area contributed by atoms with E-state index in [1.165, 1.54) is 42.5 Å². The summed E-state index contributed by atoms with van der Waals surface area (Å²) >= 11 is 0. The Bertz CT molecular complexity index is 1100. The standard InChI is InChI=1S/C21H19FN2O3S/c1-15-12-18(22)10-11-20(15)24-21(25)17-8-5-9-19(13-17)28(26,27)23-14-16-6-3-2-4-7-16/h2-13,23H,14H2,1H3,(H,24,25). The number of rotatable bonds is 6. The highest BCUT2D eigenvalue weighted by Crippen LogP contribution is 2.18. The quantitative estimate of drug-likeness (QED) is 0.662. The maximum atomic E-state index is 13.2. The summed E-state index contributed by atoms with van der Waals surface area (Å²) in [5.74, 6) is -0.872. The summed E-state index contributed by atoms with van der Waals surface area (Å²) < 4.78 is 40.8. The van der Waals surface area contributed by atoms with Crippen LogP contribution < -0.4 is 10.0 Å². The van der Waals surface area contributed by atoms with E-state index in [0.29, 0.717) is 11.3 Å². The zero-order valence-electron chi connectivity index (χ0n) is 15.1. The Morgan fingerprint density at radius 3 is 2.43 bits per heavy atom. The molecule has 0 aliphatic carbocycles. The van der Waals surface area contributed by atoms with Gasteiger partial charge in [-0.15, -0.1) is 0 Å². The number of aryl methyl sites for hydroxylation is 1. The maximum Gasteiger partial charge on any atom is 0.255 e. The predicted octanol–water partition coefficient (Wildman–Crippen LogP) is 3.86. The zero-order chi connectivity index (χ0) is 20.1. The van der Waals surface area contributed by atoms with Crippen molar-refractivity contribution < 1.29 is 17.6 Å². The number of amides is 1. The topological polar surface area (TPSA) is 75.3 Å². The van der Waals surface area contributed by atoms with Gasteiger partial charge in [-0.1, -0.05) is 36.4 Å². The molecule has 0 radical (unpaired) electrons. The molecule has 0 bridgehead atoms. The summed E-state index contributed by atoms with van der Waals surface area (Å²) in [5.41, 5.74) is 2.04. The highest BCUT2D eigenvalue weighted by Gasteiger charge is 2.16. The maximum absolute atomic E-state index is 13.2. The van der Waals surface area contributed by atoms with Gasteiger partial charge in [0.2, 0.25) is 10.0 Å². The molecule has 28 heavy (non-hydrogen) atoms. The summed E-state index contributed by atoms with van der Waals surface area (Å²) in [6.07, 6.45) is 0. The molecular weight excluding hydrogens is 379 g/mol. The number of carbonyl (C=O) groups excluding carboxylic acids is 1. The molecule has 0 atom stereocenters. The SMILES string of the molecule is Cc1cc(F)ccc1NC(=O)c1cccc(S(=O)(=O)NCc2ccccc2)c1. The Morgan fingerprint density at radius 1 is 0.964 bits per heavy atom. The lowest BCUT2D eigenvalue weighted by Gasteiger charge is -2.10. The minimum absolute atomic E-state index is 0.00749. The molecule has 0 fully saturated rings. The van der Waals surface area contributed by atoms with Gasteiger partial charge >= 0.3 is 0 Å². The number of nitrogens with one attached hydrogen (secondary N) is 2. The van der Waals surface area contributed by atoms with Gasteiger partial charge < -0.3 is 5.32 Å². The van der Waals surface area contributed by atoms with Crippen molar-refractivity contribution in [3.8, 4) is 0 Å². The first-order chi connectivity index (χ1) is 13.3. The van der Waals surface area contributed by atoms with Gasteiger partial charge in [0.25, 0.3) is 5.91 Å². The predicted molar refractivity (Wildman–Crippen MR) is 106 cm³/mol. The van der Waals surface area contributed by atoms with Gasteiger partial charge in [0, 0.05) is 17.8 Å². The van der Waals surface area contributed by atoms with E-state index in [1.54, 1.807) is 6.92 Å². The van der Waals surface area contributed by atoms with Crippen molar-refractivity contribution in [2.24, 2.45) is 0 Å². The van der Waals surface area contributed by atoms with E-state index >= 15 is 0 Å². The number of anilines is 1. The second kappa shape index (κ2) is 8.33. The molecule has 3 rings (SSSR count). The van der Waals surface area contributed by atoms with Crippen LogP contribution in [0.15, 0.2) is 77.7 Å². The fourth-order valence-corrected chi connectivity index (χ4v) is 3.69. The van der Waals surface area contributed by atoms with Gasteiger partial charge in [-0.3, -0.25) is 4.79 Å². The van der Waals surface area contributed by atoms with Crippen LogP contribution in [0.25, 0.3) is 0 Å². The largest absolute Gasteiger partial charge is 0.322 e. The van der Waals surface area contributed by atoms with Crippen LogP contribution in [-0.4, -0.2) is 14.3 Å². The van der Waals surface area contributed by atoms with E-state index in [4.69, 9.17) is 0 Å². The molecule has 5 nitrogen and oxygen atoms in total. The Kier molecular flexibility index (Phi) is 5.87. The van der Waals surface area contributed by atoms with Crippen LogP contribution in [0.2, 0.25) is 0 Å². The van der Waals surface area contributed by atoms with Gasteiger partial charge in [0.05, 0.1) is 4.90 Å². The van der Waals surface area contributed by atoms with Gasteiger partial charge in [0.15, 0.2) is 0 Å². The highest BCUT2D eigenvalue weighted by molar-refractivity contribution is 7.89. The number of hydrogen-bond acceptors (Lipinski definition) is 3. The van der Waals surface area contributed by atoms with Gasteiger partial charge in [-0.25, -0.2) is 17.5 Å². The summed E-state index contributed by atoms with van der Waals surface area (Å²) in [6.45, 7) is 1.82. The van der Waals surface area contributed by atoms with Crippen LogP contribution in [0.4, 0.5) is 10.1 Å². The van der Waals surface area contributed by atoms with E-state index in [-0.39, 0.29) is 17.0 Å². The molecule has 0 saturated heterocycles. The number of carbonyl (C=O) groups is 1. The summed E-state index contributed by atoms with van der Waals surface area (Å²) in [4.78, 5) is 12.5. The van der Waals surface area contributed by atoms with E-state index in [2.05, 4.69) is 10.0 Å². The molecule has 2 N–H and O–H groups in total. The molecule has 0 aliphatic rings. The van der Waals surface area contributed by atoms with Crippen molar-refractivity contribution in [1.29, 1.82) is 0 Å². The molecule has 0 spiro atoms. The molecule has 144 valence electrons. The van der Waals surface area contributed by atoms with Crippen molar-refractivity contribution in [2.75, 3.05) is 5.32 Å². The Hall–Kier alpha value is -3.03. The first kappa shape index (κ1) is 19.7. The van der Waals surface area contributed by atoms with Gasteiger partial charge in [-0.2, -0.15) is 0 Å². The molecule has 0 aromatic heterocycles.